The molecule has 0 aromatic heterocycles. The third-order valence-corrected chi connectivity index (χ3v) is 3.55. The highest BCUT2D eigenvalue weighted by molar-refractivity contribution is 5.91. The van der Waals surface area contributed by atoms with E-state index in [1.54, 1.807) is 0 Å². The van der Waals surface area contributed by atoms with Gasteiger partial charge in [0.05, 0.1) is 11.7 Å². The number of nitrogens with zero attached hydrogens (tertiary/aromatic N) is 1. The van der Waals surface area contributed by atoms with Gasteiger partial charge in [-0.1, -0.05) is 26.7 Å². The smallest absolute Gasteiger partial charge is 0.244 e. The summed E-state index contributed by atoms with van der Waals surface area (Å²) in [7, 11) is 0. The minimum Gasteiger partial charge on any atom is -0.326 e. The van der Waals surface area contributed by atoms with Crippen LogP contribution in [0.2, 0.25) is 0 Å². The zero-order chi connectivity index (χ0) is 10.9. The zero-order valence-electron chi connectivity index (χ0n) is 9.88. The Morgan fingerprint density at radius 2 is 2.13 bits per heavy atom. The van der Waals surface area contributed by atoms with Crippen molar-refractivity contribution in [1.82, 2.24) is 10.2 Å². The van der Waals surface area contributed by atoms with E-state index in [2.05, 4.69) is 24.1 Å². The van der Waals surface area contributed by atoms with E-state index in [-0.39, 0.29) is 5.54 Å². The van der Waals surface area contributed by atoms with Crippen molar-refractivity contribution in [3.8, 4) is 0 Å². The second-order valence-corrected chi connectivity index (χ2v) is 4.88. The van der Waals surface area contributed by atoms with E-state index < -0.39 is 0 Å². The second-order valence-electron chi connectivity index (χ2n) is 4.88. The number of hydrogen-bond donors (Lipinski definition) is 1. The van der Waals surface area contributed by atoms with Crippen LogP contribution in [0.3, 0.4) is 0 Å². The predicted molar refractivity (Wildman–Crippen MR) is 60.4 cm³/mol. The molecule has 86 valence electrons. The highest BCUT2D eigenvalue weighted by atomic mass is 16.2. The van der Waals surface area contributed by atoms with Gasteiger partial charge in [-0.2, -0.15) is 0 Å². The maximum atomic E-state index is 12.1. The van der Waals surface area contributed by atoms with E-state index in [0.29, 0.717) is 12.1 Å². The van der Waals surface area contributed by atoms with Gasteiger partial charge in [-0.3, -0.25) is 10.1 Å². The van der Waals surface area contributed by atoms with Gasteiger partial charge in [-0.15, -0.1) is 0 Å². The van der Waals surface area contributed by atoms with E-state index in [1.165, 1.54) is 0 Å². The number of carbonyl (C=O) groups is 1. The van der Waals surface area contributed by atoms with Crippen LogP contribution in [0.25, 0.3) is 0 Å². The fraction of sp³-hybridized carbons (Fsp3) is 0.917. The van der Waals surface area contributed by atoms with Crippen LogP contribution in [-0.2, 0) is 4.79 Å². The molecule has 2 fully saturated rings. The van der Waals surface area contributed by atoms with Crippen molar-refractivity contribution in [3.63, 3.8) is 0 Å². The van der Waals surface area contributed by atoms with E-state index in [4.69, 9.17) is 0 Å². The molecular weight excluding hydrogens is 188 g/mol. The number of nitrogens with one attached hydrogen (secondary N) is 1. The summed E-state index contributed by atoms with van der Waals surface area (Å²) < 4.78 is 0. The fourth-order valence-electron chi connectivity index (χ4n) is 2.45. The van der Waals surface area contributed by atoms with E-state index in [1.807, 2.05) is 0 Å². The van der Waals surface area contributed by atoms with Crippen LogP contribution < -0.4 is 5.32 Å². The topological polar surface area (TPSA) is 32.3 Å². The Bertz CT molecular complexity index is 248. The van der Waals surface area contributed by atoms with Gasteiger partial charge in [0.1, 0.15) is 0 Å². The quantitative estimate of drug-likeness (QED) is 0.751. The zero-order valence-corrected chi connectivity index (χ0v) is 9.88. The van der Waals surface area contributed by atoms with E-state index in [9.17, 15) is 4.79 Å². The normalized spacial score (nSPS) is 27.7. The molecule has 0 radical (unpaired) electrons. The van der Waals surface area contributed by atoms with Gasteiger partial charge >= 0.3 is 0 Å². The predicted octanol–water partition coefficient (Wildman–Crippen LogP) is 1.88. The van der Waals surface area contributed by atoms with Crippen molar-refractivity contribution < 1.29 is 4.79 Å². The number of carbonyl (C=O) groups excluding carboxylic acids is 1. The van der Waals surface area contributed by atoms with Crippen LogP contribution in [-0.4, -0.2) is 29.1 Å². The van der Waals surface area contributed by atoms with Gasteiger partial charge in [0.25, 0.3) is 0 Å². The summed E-state index contributed by atoms with van der Waals surface area (Å²) in [6, 6.07) is 0. The Kier molecular flexibility index (Phi) is 3.01. The molecule has 2 rings (SSSR count). The standard InChI is InChI=1S/C12H22N2O/c1-3-5-9-14-10(6-4-2)13-12(7-8-12)11(14)15/h10,13H,3-9H2,1-2H3. The number of hydrogen-bond acceptors (Lipinski definition) is 2. The van der Waals surface area contributed by atoms with Crippen LogP contribution in [0.5, 0.6) is 0 Å². The summed E-state index contributed by atoms with van der Waals surface area (Å²) >= 11 is 0. The lowest BCUT2D eigenvalue weighted by atomic mass is 10.2. The molecule has 1 amide bonds. The molecule has 0 aromatic rings. The minimum atomic E-state index is -0.117. The number of amides is 1. The first-order valence-corrected chi connectivity index (χ1v) is 6.32. The SMILES string of the molecule is CCCCN1C(=O)C2(CC2)NC1CCC. The lowest BCUT2D eigenvalue weighted by Crippen LogP contribution is -2.37. The maximum Gasteiger partial charge on any atom is 0.244 e. The summed E-state index contributed by atoms with van der Waals surface area (Å²) in [5.41, 5.74) is -0.117. The molecule has 2 aliphatic rings. The minimum absolute atomic E-state index is 0.117. The van der Waals surface area contributed by atoms with Crippen molar-refractivity contribution in [1.29, 1.82) is 0 Å². The lowest BCUT2D eigenvalue weighted by Gasteiger charge is -2.23. The van der Waals surface area contributed by atoms with E-state index >= 15 is 0 Å². The first-order chi connectivity index (χ1) is 7.23. The van der Waals surface area contributed by atoms with Gasteiger partial charge in [-0.05, 0) is 25.7 Å². The Labute approximate surface area is 92.2 Å². The molecule has 1 aliphatic carbocycles. The molecule has 1 saturated heterocycles. The largest absolute Gasteiger partial charge is 0.326 e. The van der Waals surface area contributed by atoms with Crippen LogP contribution in [0.15, 0.2) is 0 Å². The molecule has 3 nitrogen and oxygen atoms in total. The Morgan fingerprint density at radius 3 is 2.67 bits per heavy atom. The van der Waals surface area contributed by atoms with Gasteiger partial charge in [0, 0.05) is 6.54 Å². The third-order valence-electron chi connectivity index (χ3n) is 3.55. The second kappa shape index (κ2) is 4.12. The highest BCUT2D eigenvalue weighted by Crippen LogP contribution is 2.42. The van der Waals surface area contributed by atoms with Crippen molar-refractivity contribution in [3.05, 3.63) is 0 Å². The van der Waals surface area contributed by atoms with Crippen LogP contribution >= 0.6 is 0 Å². The maximum absolute atomic E-state index is 12.1. The lowest BCUT2D eigenvalue weighted by molar-refractivity contribution is -0.130. The first-order valence-electron chi connectivity index (χ1n) is 6.32. The van der Waals surface area contributed by atoms with Gasteiger partial charge in [0.15, 0.2) is 0 Å². The van der Waals surface area contributed by atoms with Crippen LogP contribution in [0.1, 0.15) is 52.4 Å². The van der Waals surface area contributed by atoms with Crippen molar-refractivity contribution in [2.24, 2.45) is 0 Å². The number of rotatable bonds is 5. The molecular formula is C12H22N2O. The van der Waals surface area contributed by atoms with Crippen LogP contribution in [0, 0.1) is 0 Å². The molecule has 1 unspecified atom stereocenters. The average molecular weight is 210 g/mol. The van der Waals surface area contributed by atoms with Crippen molar-refractivity contribution >= 4 is 5.91 Å². The summed E-state index contributed by atoms with van der Waals surface area (Å²) in [5.74, 6) is 0.370. The molecule has 1 heterocycles. The summed E-state index contributed by atoms with van der Waals surface area (Å²) in [6.07, 6.45) is 6.94. The molecule has 1 atom stereocenters. The molecule has 3 heteroatoms. The molecule has 15 heavy (non-hydrogen) atoms. The van der Waals surface area contributed by atoms with Gasteiger partial charge in [-0.25, -0.2) is 0 Å². The average Bonchev–Trinajstić information content (AvgIpc) is 2.94. The summed E-state index contributed by atoms with van der Waals surface area (Å²) in [6.45, 7) is 5.30. The molecule has 0 aromatic carbocycles. The van der Waals surface area contributed by atoms with E-state index in [0.717, 1.165) is 45.1 Å². The van der Waals surface area contributed by atoms with Gasteiger partial charge < -0.3 is 4.90 Å². The molecule has 0 bridgehead atoms. The third kappa shape index (κ3) is 1.89. The van der Waals surface area contributed by atoms with Crippen LogP contribution in [0.4, 0.5) is 0 Å². The molecule has 1 saturated carbocycles. The van der Waals surface area contributed by atoms with Crippen molar-refractivity contribution in [2.75, 3.05) is 6.54 Å². The molecule has 1 N–H and O–H groups in total. The Balaban J connectivity index is 2.00. The monoisotopic (exact) mass is 210 g/mol. The Hall–Kier alpha value is -0.570. The Morgan fingerprint density at radius 1 is 1.40 bits per heavy atom. The van der Waals surface area contributed by atoms with Gasteiger partial charge in [0.2, 0.25) is 5.91 Å². The molecule has 1 aliphatic heterocycles. The van der Waals surface area contributed by atoms with Crippen molar-refractivity contribution in [2.45, 2.75) is 64.1 Å². The fourth-order valence-corrected chi connectivity index (χ4v) is 2.45. The summed E-state index contributed by atoms with van der Waals surface area (Å²) in [5, 5.41) is 3.53. The first kappa shape index (κ1) is 10.9. The summed E-state index contributed by atoms with van der Waals surface area (Å²) in [4.78, 5) is 14.2. The molecule has 1 spiro atoms. The highest BCUT2D eigenvalue weighted by Gasteiger charge is 2.58. The number of unbranched alkanes of at least 4 members (excludes halogenated alkanes) is 1.